The van der Waals surface area contributed by atoms with Gasteiger partial charge < -0.3 is 20.0 Å². The van der Waals surface area contributed by atoms with Crippen molar-refractivity contribution in [2.75, 3.05) is 20.1 Å². The number of rotatable bonds is 6. The van der Waals surface area contributed by atoms with Gasteiger partial charge in [-0.15, -0.1) is 0 Å². The van der Waals surface area contributed by atoms with Crippen LogP contribution in [-0.2, 0) is 4.79 Å². The van der Waals surface area contributed by atoms with Crippen LogP contribution in [0.2, 0.25) is 0 Å². The molecule has 0 aromatic carbocycles. The quantitative estimate of drug-likeness (QED) is 0.706. The number of nitrogens with zero attached hydrogens (tertiary/aromatic N) is 2. The maximum absolute atomic E-state index is 12.0. The molecule has 1 saturated carbocycles. The van der Waals surface area contributed by atoms with Crippen molar-refractivity contribution in [3.8, 4) is 0 Å². The normalized spacial score (nSPS) is 16.4. The molecule has 17 heavy (non-hydrogen) atoms. The molecule has 0 heterocycles. The van der Waals surface area contributed by atoms with E-state index in [1.54, 1.807) is 14.0 Å². The van der Waals surface area contributed by atoms with Crippen molar-refractivity contribution in [1.82, 2.24) is 9.80 Å². The SMILES string of the molecule is CC(O)CCN(C)C(=O)N(CC(=O)O)C1CC1. The van der Waals surface area contributed by atoms with Crippen LogP contribution in [0.25, 0.3) is 0 Å². The van der Waals surface area contributed by atoms with Gasteiger partial charge in [0, 0.05) is 19.6 Å². The first-order valence-electron chi connectivity index (χ1n) is 5.83. The highest BCUT2D eigenvalue weighted by Gasteiger charge is 2.35. The van der Waals surface area contributed by atoms with Gasteiger partial charge in [-0.05, 0) is 26.2 Å². The molecule has 2 amide bonds. The Bertz CT molecular complexity index is 289. The molecule has 0 saturated heterocycles. The number of carbonyl (C=O) groups is 2. The summed E-state index contributed by atoms with van der Waals surface area (Å²) >= 11 is 0. The Kier molecular flexibility index (Phi) is 4.74. The number of aliphatic carboxylic acids is 1. The van der Waals surface area contributed by atoms with Crippen molar-refractivity contribution in [2.24, 2.45) is 0 Å². The fourth-order valence-corrected chi connectivity index (χ4v) is 1.58. The summed E-state index contributed by atoms with van der Waals surface area (Å²) in [6.07, 6.45) is 1.79. The van der Waals surface area contributed by atoms with E-state index in [0.717, 1.165) is 12.8 Å². The monoisotopic (exact) mass is 244 g/mol. The second-order valence-corrected chi connectivity index (χ2v) is 4.59. The molecule has 0 radical (unpaired) electrons. The van der Waals surface area contributed by atoms with Gasteiger partial charge in [0.2, 0.25) is 0 Å². The molecule has 98 valence electrons. The van der Waals surface area contributed by atoms with E-state index in [1.807, 2.05) is 0 Å². The number of carboxylic acid groups (broad SMARTS) is 1. The lowest BCUT2D eigenvalue weighted by Gasteiger charge is -2.27. The summed E-state index contributed by atoms with van der Waals surface area (Å²) in [5, 5.41) is 17.9. The van der Waals surface area contributed by atoms with Gasteiger partial charge in [0.05, 0.1) is 6.10 Å². The van der Waals surface area contributed by atoms with Gasteiger partial charge in [0.25, 0.3) is 0 Å². The molecule has 0 aliphatic heterocycles. The minimum Gasteiger partial charge on any atom is -0.480 e. The van der Waals surface area contributed by atoms with Gasteiger partial charge in [-0.2, -0.15) is 0 Å². The second kappa shape index (κ2) is 5.86. The zero-order valence-corrected chi connectivity index (χ0v) is 10.3. The molecule has 1 rings (SSSR count). The summed E-state index contributed by atoms with van der Waals surface area (Å²) in [7, 11) is 1.63. The average Bonchev–Trinajstić information content (AvgIpc) is 3.04. The van der Waals surface area contributed by atoms with E-state index in [4.69, 9.17) is 10.2 Å². The third kappa shape index (κ3) is 4.60. The summed E-state index contributed by atoms with van der Waals surface area (Å²) in [5.41, 5.74) is 0. The zero-order chi connectivity index (χ0) is 13.0. The van der Waals surface area contributed by atoms with E-state index < -0.39 is 12.1 Å². The molecule has 0 aromatic rings. The Balaban J connectivity index is 2.48. The third-order valence-electron chi connectivity index (χ3n) is 2.75. The third-order valence-corrected chi connectivity index (χ3v) is 2.75. The molecular formula is C11H20N2O4. The lowest BCUT2D eigenvalue weighted by Crippen LogP contribution is -2.45. The van der Waals surface area contributed by atoms with Crippen LogP contribution in [0, 0.1) is 0 Å². The molecule has 0 spiro atoms. The molecule has 0 bridgehead atoms. The summed E-state index contributed by atoms with van der Waals surface area (Å²) in [6, 6.07) is -0.192. The minimum atomic E-state index is -0.992. The highest BCUT2D eigenvalue weighted by molar-refractivity contribution is 5.80. The maximum Gasteiger partial charge on any atom is 0.323 e. The smallest absolute Gasteiger partial charge is 0.323 e. The van der Waals surface area contributed by atoms with E-state index in [0.29, 0.717) is 13.0 Å². The number of carboxylic acids is 1. The van der Waals surface area contributed by atoms with Gasteiger partial charge in [-0.25, -0.2) is 4.79 Å². The van der Waals surface area contributed by atoms with Gasteiger partial charge in [0.15, 0.2) is 0 Å². The molecule has 1 aliphatic carbocycles. The summed E-state index contributed by atoms with van der Waals surface area (Å²) < 4.78 is 0. The van der Waals surface area contributed by atoms with Gasteiger partial charge in [-0.3, -0.25) is 4.79 Å². The second-order valence-electron chi connectivity index (χ2n) is 4.59. The van der Waals surface area contributed by atoms with Crippen molar-refractivity contribution in [3.63, 3.8) is 0 Å². The van der Waals surface area contributed by atoms with Crippen molar-refractivity contribution >= 4 is 12.0 Å². The molecule has 6 nitrogen and oxygen atoms in total. The molecule has 2 N–H and O–H groups in total. The number of amides is 2. The average molecular weight is 244 g/mol. The first-order valence-corrected chi connectivity index (χ1v) is 5.83. The van der Waals surface area contributed by atoms with Crippen molar-refractivity contribution in [1.29, 1.82) is 0 Å². The van der Waals surface area contributed by atoms with E-state index in [9.17, 15) is 9.59 Å². The summed E-state index contributed by atoms with van der Waals surface area (Å²) in [5.74, 6) is -0.992. The number of aliphatic hydroxyl groups excluding tert-OH is 1. The number of aliphatic hydroxyl groups is 1. The standard InChI is InChI=1S/C11H20N2O4/c1-8(14)5-6-12(2)11(17)13(7-10(15)16)9-3-4-9/h8-9,14H,3-7H2,1-2H3,(H,15,16). The van der Waals surface area contributed by atoms with Gasteiger partial charge >= 0.3 is 12.0 Å². The van der Waals surface area contributed by atoms with E-state index >= 15 is 0 Å². The van der Waals surface area contributed by atoms with Gasteiger partial charge in [0.1, 0.15) is 6.54 Å². The van der Waals surface area contributed by atoms with E-state index in [1.165, 1.54) is 9.80 Å². The van der Waals surface area contributed by atoms with Crippen molar-refractivity contribution < 1.29 is 19.8 Å². The number of hydrogen-bond donors (Lipinski definition) is 2. The minimum absolute atomic E-state index is 0.0765. The lowest BCUT2D eigenvalue weighted by atomic mass is 10.3. The van der Waals surface area contributed by atoms with Crippen LogP contribution in [0.1, 0.15) is 26.2 Å². The summed E-state index contributed by atoms with van der Waals surface area (Å²) in [6.45, 7) is 1.84. The first kappa shape index (κ1) is 13.8. The molecule has 6 heteroatoms. The van der Waals surface area contributed by atoms with Crippen LogP contribution in [0.4, 0.5) is 4.79 Å². The number of urea groups is 1. The first-order chi connectivity index (χ1) is 7.91. The summed E-state index contributed by atoms with van der Waals surface area (Å²) in [4.78, 5) is 25.5. The van der Waals surface area contributed by atoms with Crippen molar-refractivity contribution in [3.05, 3.63) is 0 Å². The Hall–Kier alpha value is -1.30. The predicted molar refractivity (Wildman–Crippen MR) is 61.7 cm³/mol. The van der Waals surface area contributed by atoms with Crippen LogP contribution < -0.4 is 0 Å². The van der Waals surface area contributed by atoms with E-state index in [2.05, 4.69) is 0 Å². The maximum atomic E-state index is 12.0. The Labute approximate surface area is 101 Å². The molecule has 1 fully saturated rings. The molecule has 1 atom stereocenters. The van der Waals surface area contributed by atoms with Gasteiger partial charge in [-0.1, -0.05) is 0 Å². The molecule has 1 unspecified atom stereocenters. The highest BCUT2D eigenvalue weighted by atomic mass is 16.4. The van der Waals surface area contributed by atoms with Crippen LogP contribution in [-0.4, -0.2) is 64.3 Å². The van der Waals surface area contributed by atoms with Crippen LogP contribution in [0.15, 0.2) is 0 Å². The van der Waals surface area contributed by atoms with Crippen LogP contribution in [0.3, 0.4) is 0 Å². The number of hydrogen-bond acceptors (Lipinski definition) is 3. The van der Waals surface area contributed by atoms with Crippen LogP contribution in [0.5, 0.6) is 0 Å². The Morgan fingerprint density at radius 2 is 2.00 bits per heavy atom. The topological polar surface area (TPSA) is 81.1 Å². The Morgan fingerprint density at radius 1 is 1.41 bits per heavy atom. The predicted octanol–water partition coefficient (Wildman–Crippen LogP) is 0.358. The van der Waals surface area contributed by atoms with E-state index in [-0.39, 0.29) is 18.6 Å². The Morgan fingerprint density at radius 3 is 2.41 bits per heavy atom. The van der Waals surface area contributed by atoms with Crippen LogP contribution >= 0.6 is 0 Å². The fourth-order valence-electron chi connectivity index (χ4n) is 1.58. The number of carbonyl (C=O) groups excluding carboxylic acids is 1. The molecule has 1 aliphatic rings. The highest BCUT2D eigenvalue weighted by Crippen LogP contribution is 2.27. The lowest BCUT2D eigenvalue weighted by molar-refractivity contribution is -0.137. The zero-order valence-electron chi connectivity index (χ0n) is 10.3. The van der Waals surface area contributed by atoms with Crippen molar-refractivity contribution in [2.45, 2.75) is 38.3 Å². The molecule has 0 aromatic heterocycles. The fraction of sp³-hybridized carbons (Fsp3) is 0.818. The molecular weight excluding hydrogens is 224 g/mol. The largest absolute Gasteiger partial charge is 0.480 e.